The lowest BCUT2D eigenvalue weighted by molar-refractivity contribution is 0.665. The minimum Gasteiger partial charge on any atom is -0.277 e. The molecule has 2 aromatic rings. The van der Waals surface area contributed by atoms with Gasteiger partial charge in [-0.05, 0) is 30.0 Å². The Morgan fingerprint density at radius 1 is 1.10 bits per heavy atom. The molecule has 0 fully saturated rings. The van der Waals surface area contributed by atoms with Crippen molar-refractivity contribution in [3.05, 3.63) is 65.7 Å². The van der Waals surface area contributed by atoms with Crippen molar-refractivity contribution in [3.8, 4) is 0 Å². The maximum atomic E-state index is 6.24. The quantitative estimate of drug-likeness (QED) is 0.545. The Morgan fingerprint density at radius 2 is 1.76 bits per heavy atom. The number of hydrazone groups is 1. The van der Waals surface area contributed by atoms with Crippen LogP contribution in [0.15, 0.2) is 59.7 Å². The van der Waals surface area contributed by atoms with Gasteiger partial charge in [0.25, 0.3) is 0 Å². The molecule has 0 bridgehead atoms. The predicted octanol–water partition coefficient (Wildman–Crippen LogP) is 5.60. The minimum atomic E-state index is 0.466. The molecule has 0 radical (unpaired) electrons. The summed E-state index contributed by atoms with van der Waals surface area (Å²) in [6, 6.07) is 18.1. The van der Waals surface area contributed by atoms with Gasteiger partial charge in [0.05, 0.1) is 5.69 Å². The second-order valence-corrected chi connectivity index (χ2v) is 5.55. The van der Waals surface area contributed by atoms with E-state index in [0.29, 0.717) is 11.1 Å². The summed E-state index contributed by atoms with van der Waals surface area (Å²) in [6.45, 7) is 4.47. The first-order valence-corrected chi connectivity index (χ1v) is 7.73. The number of hydrogen-bond acceptors (Lipinski definition) is 2. The summed E-state index contributed by atoms with van der Waals surface area (Å²) in [7, 11) is 0. The monoisotopic (exact) mass is 300 g/mol. The summed E-state index contributed by atoms with van der Waals surface area (Å²) in [5.41, 5.74) is 6.15. The molecular weight excluding hydrogens is 280 g/mol. The molecule has 0 aliphatic carbocycles. The largest absolute Gasteiger partial charge is 0.277 e. The van der Waals surface area contributed by atoms with Gasteiger partial charge >= 0.3 is 0 Å². The first-order valence-electron chi connectivity index (χ1n) is 7.35. The maximum Gasteiger partial charge on any atom is 0.156 e. The topological polar surface area (TPSA) is 24.4 Å². The van der Waals surface area contributed by atoms with E-state index in [1.165, 1.54) is 18.4 Å². The van der Waals surface area contributed by atoms with Crippen LogP contribution in [0.4, 0.5) is 5.69 Å². The van der Waals surface area contributed by atoms with Crippen LogP contribution >= 0.6 is 11.6 Å². The smallest absolute Gasteiger partial charge is 0.156 e. The van der Waals surface area contributed by atoms with E-state index in [1.807, 2.05) is 42.5 Å². The van der Waals surface area contributed by atoms with Crippen LogP contribution in [0.25, 0.3) is 0 Å². The zero-order valence-electron chi connectivity index (χ0n) is 12.5. The van der Waals surface area contributed by atoms with Gasteiger partial charge in [-0.15, -0.1) is 0 Å². The molecule has 0 aliphatic heterocycles. The summed E-state index contributed by atoms with van der Waals surface area (Å²) in [6.07, 6.45) is 2.41. The zero-order chi connectivity index (χ0) is 15.1. The molecule has 0 amide bonds. The van der Waals surface area contributed by atoms with Crippen molar-refractivity contribution in [3.63, 3.8) is 0 Å². The van der Waals surface area contributed by atoms with Gasteiger partial charge in [-0.3, -0.25) is 5.43 Å². The van der Waals surface area contributed by atoms with E-state index in [4.69, 9.17) is 11.6 Å². The molecule has 0 heterocycles. The highest BCUT2D eigenvalue weighted by atomic mass is 35.5. The van der Waals surface area contributed by atoms with E-state index in [9.17, 15) is 0 Å². The van der Waals surface area contributed by atoms with Gasteiger partial charge < -0.3 is 0 Å². The van der Waals surface area contributed by atoms with Crippen LogP contribution < -0.4 is 5.43 Å². The first-order chi connectivity index (χ1) is 10.2. The van der Waals surface area contributed by atoms with E-state index in [2.05, 4.69) is 36.5 Å². The van der Waals surface area contributed by atoms with Crippen LogP contribution in [0.3, 0.4) is 0 Å². The second-order valence-electron chi connectivity index (χ2n) is 5.19. The first kappa shape index (κ1) is 15.6. The van der Waals surface area contributed by atoms with Gasteiger partial charge in [0, 0.05) is 5.56 Å². The van der Waals surface area contributed by atoms with Crippen molar-refractivity contribution in [2.75, 3.05) is 5.43 Å². The second kappa shape index (κ2) is 7.84. The van der Waals surface area contributed by atoms with Gasteiger partial charge in [-0.2, -0.15) is 5.10 Å². The molecule has 2 rings (SSSR count). The fourth-order valence-electron chi connectivity index (χ4n) is 2.24. The van der Waals surface area contributed by atoms with Crippen molar-refractivity contribution in [2.45, 2.75) is 32.6 Å². The molecule has 0 saturated carbocycles. The summed E-state index contributed by atoms with van der Waals surface area (Å²) in [5, 5.41) is 4.67. The van der Waals surface area contributed by atoms with Gasteiger partial charge in [0.1, 0.15) is 0 Å². The Labute approximate surface area is 131 Å². The number of benzene rings is 2. The zero-order valence-corrected chi connectivity index (χ0v) is 13.3. The molecular formula is C18H21ClN2. The molecule has 110 valence electrons. The number of anilines is 1. The average Bonchev–Trinajstić information content (AvgIpc) is 2.54. The number of halogens is 1. The third-order valence-corrected chi connectivity index (χ3v) is 3.80. The van der Waals surface area contributed by atoms with Crippen LogP contribution in [0.1, 0.15) is 43.7 Å². The van der Waals surface area contributed by atoms with Crippen LogP contribution in [0, 0.1) is 0 Å². The highest BCUT2D eigenvalue weighted by Gasteiger charge is 2.05. The van der Waals surface area contributed by atoms with Gasteiger partial charge in [0.2, 0.25) is 0 Å². The molecule has 0 aliphatic rings. The summed E-state index contributed by atoms with van der Waals surface area (Å²) in [4.78, 5) is 0. The highest BCUT2D eigenvalue weighted by Crippen LogP contribution is 2.21. The van der Waals surface area contributed by atoms with E-state index in [1.54, 1.807) is 0 Å². The van der Waals surface area contributed by atoms with Crippen molar-refractivity contribution >= 4 is 22.5 Å². The molecule has 0 saturated heterocycles. The fraction of sp³-hybridized carbons (Fsp3) is 0.278. The predicted molar refractivity (Wildman–Crippen MR) is 92.2 cm³/mol. The molecule has 21 heavy (non-hydrogen) atoms. The lowest BCUT2D eigenvalue weighted by atomic mass is 9.96. The third-order valence-electron chi connectivity index (χ3n) is 3.50. The van der Waals surface area contributed by atoms with E-state index in [-0.39, 0.29) is 0 Å². The molecule has 1 unspecified atom stereocenters. The number of hydrogen-bond donors (Lipinski definition) is 1. The van der Waals surface area contributed by atoms with Crippen LogP contribution in [-0.2, 0) is 0 Å². The van der Waals surface area contributed by atoms with Crippen LogP contribution in [-0.4, -0.2) is 5.17 Å². The van der Waals surface area contributed by atoms with Crippen LogP contribution in [0.5, 0.6) is 0 Å². The average molecular weight is 301 g/mol. The number of para-hydroxylation sites is 1. The van der Waals surface area contributed by atoms with Gasteiger partial charge in [0.15, 0.2) is 5.17 Å². The SMILES string of the molecule is CCCC(C)c1ccc(C(Cl)=NNc2ccccc2)cc1. The summed E-state index contributed by atoms with van der Waals surface area (Å²) < 4.78 is 0. The van der Waals surface area contributed by atoms with Gasteiger partial charge in [-0.1, -0.05) is 74.3 Å². The number of nitrogens with one attached hydrogen (secondary N) is 1. The lowest BCUT2D eigenvalue weighted by Gasteiger charge is -2.10. The van der Waals surface area contributed by atoms with Crippen molar-refractivity contribution in [1.82, 2.24) is 0 Å². The molecule has 3 heteroatoms. The molecule has 1 N–H and O–H groups in total. The van der Waals surface area contributed by atoms with E-state index < -0.39 is 0 Å². The third kappa shape index (κ3) is 4.61. The van der Waals surface area contributed by atoms with Gasteiger partial charge in [-0.25, -0.2) is 0 Å². The fourth-order valence-corrected chi connectivity index (χ4v) is 2.41. The highest BCUT2D eigenvalue weighted by molar-refractivity contribution is 6.69. The summed E-state index contributed by atoms with van der Waals surface area (Å²) in [5.74, 6) is 0.585. The Balaban J connectivity index is 2.04. The maximum absolute atomic E-state index is 6.24. The molecule has 2 nitrogen and oxygen atoms in total. The summed E-state index contributed by atoms with van der Waals surface area (Å²) >= 11 is 6.24. The Kier molecular flexibility index (Phi) is 5.82. The van der Waals surface area contributed by atoms with Crippen molar-refractivity contribution in [1.29, 1.82) is 0 Å². The van der Waals surface area contributed by atoms with Crippen molar-refractivity contribution < 1.29 is 0 Å². The number of nitrogens with zero attached hydrogens (tertiary/aromatic N) is 1. The Morgan fingerprint density at radius 3 is 2.38 bits per heavy atom. The molecule has 0 spiro atoms. The molecule has 2 aromatic carbocycles. The lowest BCUT2D eigenvalue weighted by Crippen LogP contribution is -1.98. The molecule has 0 aromatic heterocycles. The van der Waals surface area contributed by atoms with E-state index in [0.717, 1.165) is 11.3 Å². The Hall–Kier alpha value is -1.80. The van der Waals surface area contributed by atoms with Crippen molar-refractivity contribution in [2.24, 2.45) is 5.10 Å². The van der Waals surface area contributed by atoms with Crippen LogP contribution in [0.2, 0.25) is 0 Å². The minimum absolute atomic E-state index is 0.466. The number of rotatable bonds is 6. The molecule has 1 atom stereocenters. The standard InChI is InChI=1S/C18H21ClN2/c1-3-7-14(2)15-10-12-16(13-11-15)18(19)21-20-17-8-5-4-6-9-17/h4-6,8-14,20H,3,7H2,1-2H3. The van der Waals surface area contributed by atoms with E-state index >= 15 is 0 Å². The normalized spacial score (nSPS) is 13.0. The Bertz CT molecular complexity index is 576.